The van der Waals surface area contributed by atoms with Crippen molar-refractivity contribution < 1.29 is 4.79 Å². The van der Waals surface area contributed by atoms with Gasteiger partial charge >= 0.3 is 0 Å². The van der Waals surface area contributed by atoms with Gasteiger partial charge in [0, 0.05) is 25.0 Å². The van der Waals surface area contributed by atoms with E-state index in [1.807, 2.05) is 6.07 Å². The van der Waals surface area contributed by atoms with Gasteiger partial charge in [-0.1, -0.05) is 13.3 Å². The van der Waals surface area contributed by atoms with Gasteiger partial charge in [-0.15, -0.1) is 0 Å². The predicted molar refractivity (Wildman–Crippen MR) is 68.1 cm³/mol. The summed E-state index contributed by atoms with van der Waals surface area (Å²) in [6, 6.07) is 2.45. The molecule has 1 fully saturated rings. The highest BCUT2D eigenvalue weighted by Crippen LogP contribution is 2.24. The number of pyridine rings is 1. The van der Waals surface area contributed by atoms with Gasteiger partial charge in [0.25, 0.3) is 5.91 Å². The third kappa shape index (κ3) is 3.73. The first-order valence-electron chi connectivity index (χ1n) is 6.29. The maximum absolute atomic E-state index is 11.8. The summed E-state index contributed by atoms with van der Waals surface area (Å²) in [5.74, 6) is -0.0367. The van der Waals surface area contributed by atoms with E-state index >= 15 is 0 Å². The van der Waals surface area contributed by atoms with Crippen molar-refractivity contribution in [2.24, 2.45) is 0 Å². The van der Waals surface area contributed by atoms with Crippen LogP contribution in [0.5, 0.6) is 0 Å². The average molecular weight is 233 g/mol. The van der Waals surface area contributed by atoms with Crippen LogP contribution in [0.2, 0.25) is 0 Å². The van der Waals surface area contributed by atoms with Crippen LogP contribution in [0, 0.1) is 0 Å². The molecule has 1 aliphatic carbocycles. The fraction of sp³-hybridized carbons (Fsp3) is 0.538. The minimum atomic E-state index is -0.0367. The van der Waals surface area contributed by atoms with Crippen molar-refractivity contribution in [1.82, 2.24) is 10.3 Å². The number of carbonyl (C=O) groups excluding carboxylic acids is 1. The van der Waals surface area contributed by atoms with E-state index in [2.05, 4.69) is 22.5 Å². The molecule has 1 amide bonds. The Bertz CT molecular complexity index is 388. The zero-order chi connectivity index (χ0) is 12.1. The van der Waals surface area contributed by atoms with Crippen molar-refractivity contribution in [3.8, 4) is 0 Å². The lowest BCUT2D eigenvalue weighted by Gasteiger charge is -2.07. The van der Waals surface area contributed by atoms with E-state index in [9.17, 15) is 4.79 Å². The second-order valence-corrected chi connectivity index (χ2v) is 4.49. The van der Waals surface area contributed by atoms with Crippen LogP contribution in [0.15, 0.2) is 18.5 Å². The van der Waals surface area contributed by atoms with Crippen LogP contribution >= 0.6 is 0 Å². The molecule has 0 aromatic carbocycles. The summed E-state index contributed by atoms with van der Waals surface area (Å²) in [7, 11) is 0. The van der Waals surface area contributed by atoms with Crippen LogP contribution < -0.4 is 10.6 Å². The Kier molecular flexibility index (Phi) is 3.96. The van der Waals surface area contributed by atoms with E-state index in [0.29, 0.717) is 11.6 Å². The van der Waals surface area contributed by atoms with Gasteiger partial charge in [-0.3, -0.25) is 9.78 Å². The fourth-order valence-electron chi connectivity index (χ4n) is 1.59. The molecule has 4 heteroatoms. The van der Waals surface area contributed by atoms with Gasteiger partial charge in [-0.05, 0) is 25.3 Å². The lowest BCUT2D eigenvalue weighted by Crippen LogP contribution is -2.24. The maximum Gasteiger partial charge on any atom is 0.252 e. The summed E-state index contributed by atoms with van der Waals surface area (Å²) in [5.41, 5.74) is 1.57. The number of hydrogen-bond acceptors (Lipinski definition) is 3. The Labute approximate surface area is 102 Å². The molecule has 2 rings (SSSR count). The molecule has 0 radical (unpaired) electrons. The lowest BCUT2D eigenvalue weighted by molar-refractivity contribution is 0.0953. The number of aromatic nitrogens is 1. The molecular formula is C13H19N3O. The molecule has 2 N–H and O–H groups in total. The second kappa shape index (κ2) is 5.66. The third-order valence-corrected chi connectivity index (χ3v) is 2.76. The molecule has 17 heavy (non-hydrogen) atoms. The van der Waals surface area contributed by atoms with E-state index in [1.54, 1.807) is 12.4 Å². The van der Waals surface area contributed by atoms with E-state index in [1.165, 1.54) is 12.8 Å². The molecule has 0 spiro atoms. The molecule has 1 aliphatic rings. The summed E-state index contributed by atoms with van der Waals surface area (Å²) < 4.78 is 0. The van der Waals surface area contributed by atoms with Gasteiger partial charge in [0.1, 0.15) is 0 Å². The molecule has 0 saturated heterocycles. The monoisotopic (exact) mass is 233 g/mol. The van der Waals surface area contributed by atoms with Gasteiger partial charge in [0.15, 0.2) is 0 Å². The number of hydrogen-bond donors (Lipinski definition) is 2. The minimum absolute atomic E-state index is 0.0367. The second-order valence-electron chi connectivity index (χ2n) is 4.49. The first kappa shape index (κ1) is 11.9. The number of nitrogens with one attached hydrogen (secondary N) is 2. The Morgan fingerprint density at radius 3 is 3.00 bits per heavy atom. The van der Waals surface area contributed by atoms with E-state index in [4.69, 9.17) is 0 Å². The Hall–Kier alpha value is -1.58. The first-order valence-corrected chi connectivity index (χ1v) is 6.29. The quantitative estimate of drug-likeness (QED) is 0.740. The smallest absolute Gasteiger partial charge is 0.252 e. The number of nitrogens with zero attached hydrogens (tertiary/aromatic N) is 1. The highest BCUT2D eigenvalue weighted by Gasteiger charge is 2.21. The minimum Gasteiger partial charge on any atom is -0.381 e. The Morgan fingerprint density at radius 2 is 2.29 bits per heavy atom. The zero-order valence-electron chi connectivity index (χ0n) is 10.2. The summed E-state index contributed by atoms with van der Waals surface area (Å²) in [4.78, 5) is 15.9. The molecule has 0 bridgehead atoms. The zero-order valence-corrected chi connectivity index (χ0v) is 10.2. The van der Waals surface area contributed by atoms with E-state index in [-0.39, 0.29) is 5.91 Å². The number of carbonyl (C=O) groups is 1. The topological polar surface area (TPSA) is 54.0 Å². The van der Waals surface area contributed by atoms with Gasteiger partial charge < -0.3 is 10.6 Å². The summed E-state index contributed by atoms with van der Waals surface area (Å²) in [6.07, 6.45) is 7.90. The van der Waals surface area contributed by atoms with Crippen LogP contribution in [0.1, 0.15) is 43.0 Å². The van der Waals surface area contributed by atoms with Crippen LogP contribution in [0.25, 0.3) is 0 Å². The van der Waals surface area contributed by atoms with Crippen molar-refractivity contribution in [3.63, 3.8) is 0 Å². The third-order valence-electron chi connectivity index (χ3n) is 2.76. The van der Waals surface area contributed by atoms with Gasteiger partial charge in [0.05, 0.1) is 11.3 Å². The molecule has 0 unspecified atom stereocenters. The molecule has 0 aliphatic heterocycles. The van der Waals surface area contributed by atoms with Crippen molar-refractivity contribution in [1.29, 1.82) is 0 Å². The summed E-state index contributed by atoms with van der Waals surface area (Å²) in [5, 5.41) is 6.23. The fourth-order valence-corrected chi connectivity index (χ4v) is 1.59. The van der Waals surface area contributed by atoms with Crippen molar-refractivity contribution in [2.75, 3.05) is 11.9 Å². The average Bonchev–Trinajstić information content (AvgIpc) is 3.13. The normalized spacial score (nSPS) is 14.4. The summed E-state index contributed by atoms with van der Waals surface area (Å²) in [6.45, 7) is 2.84. The molecule has 0 atom stereocenters. The van der Waals surface area contributed by atoms with Gasteiger partial charge in [-0.2, -0.15) is 0 Å². The Balaban J connectivity index is 1.91. The molecule has 4 nitrogen and oxygen atoms in total. The predicted octanol–water partition coefficient (Wildman–Crippen LogP) is 2.19. The van der Waals surface area contributed by atoms with Crippen molar-refractivity contribution >= 4 is 11.6 Å². The highest BCUT2D eigenvalue weighted by molar-refractivity contribution is 5.94. The van der Waals surface area contributed by atoms with Crippen molar-refractivity contribution in [3.05, 3.63) is 24.0 Å². The van der Waals surface area contributed by atoms with Crippen LogP contribution in [-0.2, 0) is 0 Å². The molecule has 1 heterocycles. The molecule has 92 valence electrons. The number of rotatable bonds is 6. The molecule has 1 aromatic rings. The van der Waals surface area contributed by atoms with E-state index in [0.717, 1.165) is 25.1 Å². The largest absolute Gasteiger partial charge is 0.381 e. The molecule has 1 aromatic heterocycles. The van der Waals surface area contributed by atoms with E-state index < -0.39 is 0 Å². The molecular weight excluding hydrogens is 214 g/mol. The highest BCUT2D eigenvalue weighted by atomic mass is 16.1. The van der Waals surface area contributed by atoms with Crippen LogP contribution in [0.4, 0.5) is 5.69 Å². The number of unbranched alkanes of at least 4 members (excludes halogenated alkanes) is 1. The van der Waals surface area contributed by atoms with Crippen molar-refractivity contribution in [2.45, 2.75) is 38.6 Å². The van der Waals surface area contributed by atoms with Gasteiger partial charge in [-0.25, -0.2) is 0 Å². The number of anilines is 1. The van der Waals surface area contributed by atoms with Crippen LogP contribution in [0.3, 0.4) is 0 Å². The van der Waals surface area contributed by atoms with Crippen LogP contribution in [-0.4, -0.2) is 23.5 Å². The van der Waals surface area contributed by atoms with Gasteiger partial charge in [0.2, 0.25) is 0 Å². The summed E-state index contributed by atoms with van der Waals surface area (Å²) >= 11 is 0. The molecule has 1 saturated carbocycles. The maximum atomic E-state index is 11.8. The lowest BCUT2D eigenvalue weighted by atomic mass is 10.2. The standard InChI is InChI=1S/C13H19N3O/c1-2-3-6-15-13(17)10-7-12(9-14-8-10)16-11-4-5-11/h7-9,11,16H,2-6H2,1H3,(H,15,17). The Morgan fingerprint density at radius 1 is 1.47 bits per heavy atom. The SMILES string of the molecule is CCCCNC(=O)c1cncc(NC2CC2)c1. The number of amides is 1. The first-order chi connectivity index (χ1) is 8.29.